The minimum atomic E-state index is -3.80. The first kappa shape index (κ1) is 26.3. The first-order valence-electron chi connectivity index (χ1n) is 13.2. The summed E-state index contributed by atoms with van der Waals surface area (Å²) in [5.41, 5.74) is 3.71. The molecule has 0 spiro atoms. The SMILES string of the molecule is CN(C)c1ccc([C@H]2C[C@@]3(C)[C@@H](CC[C@]3(O)C(=O)COS(C)(=O)=O)[C@@H]3CCC4=CC(=O)CCC4=C32)cc1. The van der Waals surface area contributed by atoms with Crippen LogP contribution in [0.25, 0.3) is 0 Å². The smallest absolute Gasteiger partial charge is 0.264 e. The van der Waals surface area contributed by atoms with Gasteiger partial charge in [0.2, 0.25) is 0 Å². The minimum absolute atomic E-state index is 0.00242. The fourth-order valence-corrected chi connectivity index (χ4v) is 8.03. The summed E-state index contributed by atoms with van der Waals surface area (Å²) in [6, 6.07) is 8.48. The van der Waals surface area contributed by atoms with Crippen LogP contribution in [-0.2, 0) is 23.9 Å². The molecule has 2 saturated carbocycles. The molecule has 0 aliphatic heterocycles. The number of anilines is 1. The number of fused-ring (bicyclic) bond motifs is 4. The van der Waals surface area contributed by atoms with Crippen LogP contribution in [0.5, 0.6) is 0 Å². The van der Waals surface area contributed by atoms with E-state index in [0.717, 1.165) is 42.3 Å². The van der Waals surface area contributed by atoms with Gasteiger partial charge in [-0.15, -0.1) is 0 Å². The predicted octanol–water partition coefficient (Wildman–Crippen LogP) is 3.93. The summed E-state index contributed by atoms with van der Waals surface area (Å²) in [5.74, 6) is -0.0611. The van der Waals surface area contributed by atoms with Gasteiger partial charge in [0.05, 0.1) is 6.26 Å². The van der Waals surface area contributed by atoms with E-state index in [9.17, 15) is 23.1 Å². The maximum Gasteiger partial charge on any atom is 0.264 e. The molecule has 2 fully saturated rings. The molecule has 5 atom stereocenters. The van der Waals surface area contributed by atoms with Crippen molar-refractivity contribution in [2.45, 2.75) is 63.4 Å². The van der Waals surface area contributed by atoms with Crippen LogP contribution in [0.4, 0.5) is 5.69 Å². The standard InChI is InChI=1S/C29H37NO6S/c1-28-16-24(18-5-8-20(9-6-18)30(2)3)27-22-12-10-21(31)15-19(22)7-11-23(27)25(28)13-14-29(28,33)26(32)17-36-37(4,34)35/h5-6,8-9,15,23-25,33H,7,10-14,16-17H2,1-4H3/t23-,24+,25-,28-,29-/m0/s1. The van der Waals surface area contributed by atoms with Crippen LogP contribution in [0.15, 0.2) is 47.1 Å². The van der Waals surface area contributed by atoms with Gasteiger partial charge >= 0.3 is 0 Å². The Labute approximate surface area is 219 Å². The second-order valence-electron chi connectivity index (χ2n) is 11.8. The number of carbonyl (C=O) groups excluding carboxylic acids is 2. The van der Waals surface area contributed by atoms with Crippen molar-refractivity contribution in [2.24, 2.45) is 17.3 Å². The van der Waals surface area contributed by atoms with Crippen molar-refractivity contribution in [3.63, 3.8) is 0 Å². The predicted molar refractivity (Wildman–Crippen MR) is 142 cm³/mol. The van der Waals surface area contributed by atoms with Crippen molar-refractivity contribution in [2.75, 3.05) is 31.9 Å². The molecule has 0 aromatic heterocycles. The Morgan fingerprint density at radius 2 is 1.84 bits per heavy atom. The molecular weight excluding hydrogens is 490 g/mol. The van der Waals surface area contributed by atoms with E-state index < -0.39 is 33.5 Å². The number of aliphatic hydroxyl groups is 1. The second-order valence-corrected chi connectivity index (χ2v) is 13.4. The molecule has 0 amide bonds. The summed E-state index contributed by atoms with van der Waals surface area (Å²) in [4.78, 5) is 27.6. The maximum atomic E-state index is 13.4. The van der Waals surface area contributed by atoms with E-state index in [-0.39, 0.29) is 23.5 Å². The largest absolute Gasteiger partial charge is 0.381 e. The van der Waals surface area contributed by atoms with Gasteiger partial charge in [-0.3, -0.25) is 13.8 Å². The van der Waals surface area contributed by atoms with Gasteiger partial charge in [0, 0.05) is 37.5 Å². The summed E-state index contributed by atoms with van der Waals surface area (Å²) in [6.07, 6.45) is 7.31. The lowest BCUT2D eigenvalue weighted by Gasteiger charge is -2.54. The second kappa shape index (κ2) is 9.17. The zero-order valence-corrected chi connectivity index (χ0v) is 22.9. The van der Waals surface area contributed by atoms with Crippen LogP contribution >= 0.6 is 0 Å². The Balaban J connectivity index is 1.60. The van der Waals surface area contributed by atoms with Crippen molar-refractivity contribution in [3.8, 4) is 0 Å². The third-order valence-electron chi connectivity index (χ3n) is 9.56. The number of hydrogen-bond donors (Lipinski definition) is 1. The van der Waals surface area contributed by atoms with E-state index in [0.29, 0.717) is 25.7 Å². The molecule has 0 bridgehead atoms. The van der Waals surface area contributed by atoms with Gasteiger partial charge in [-0.2, -0.15) is 8.42 Å². The summed E-state index contributed by atoms with van der Waals surface area (Å²) >= 11 is 0. The quantitative estimate of drug-likeness (QED) is 0.560. The third kappa shape index (κ3) is 4.41. The Kier molecular flexibility index (Phi) is 6.52. The number of rotatable bonds is 6. The van der Waals surface area contributed by atoms with E-state index in [1.165, 1.54) is 11.1 Å². The van der Waals surface area contributed by atoms with Crippen LogP contribution < -0.4 is 4.90 Å². The molecule has 0 heterocycles. The first-order chi connectivity index (χ1) is 17.3. The molecule has 4 aliphatic rings. The van der Waals surface area contributed by atoms with Crippen molar-refractivity contribution >= 4 is 27.4 Å². The van der Waals surface area contributed by atoms with Crippen molar-refractivity contribution < 1.29 is 27.3 Å². The van der Waals surface area contributed by atoms with Crippen LogP contribution in [-0.4, -0.2) is 57.6 Å². The lowest BCUT2D eigenvalue weighted by Crippen LogP contribution is -2.56. The van der Waals surface area contributed by atoms with Gasteiger partial charge in [0.25, 0.3) is 10.1 Å². The van der Waals surface area contributed by atoms with E-state index in [1.54, 1.807) is 0 Å². The Morgan fingerprint density at radius 1 is 1.14 bits per heavy atom. The van der Waals surface area contributed by atoms with E-state index in [2.05, 4.69) is 29.2 Å². The molecule has 1 aromatic rings. The highest BCUT2D eigenvalue weighted by Gasteiger charge is 2.65. The van der Waals surface area contributed by atoms with Gasteiger partial charge in [0.15, 0.2) is 11.6 Å². The van der Waals surface area contributed by atoms with Crippen LogP contribution in [0.3, 0.4) is 0 Å². The zero-order valence-electron chi connectivity index (χ0n) is 22.1. The number of carbonyl (C=O) groups is 2. The normalized spacial score (nSPS) is 33.4. The zero-order chi connectivity index (χ0) is 26.8. The monoisotopic (exact) mass is 527 g/mol. The topological polar surface area (TPSA) is 101 Å². The lowest BCUT2D eigenvalue weighted by molar-refractivity contribution is -0.157. The van der Waals surface area contributed by atoms with Gasteiger partial charge in [-0.25, -0.2) is 0 Å². The van der Waals surface area contributed by atoms with Crippen LogP contribution in [0, 0.1) is 17.3 Å². The Morgan fingerprint density at radius 3 is 2.49 bits per heavy atom. The summed E-state index contributed by atoms with van der Waals surface area (Å²) in [6.45, 7) is 1.37. The van der Waals surface area contributed by atoms with Crippen LogP contribution in [0.1, 0.15) is 63.4 Å². The van der Waals surface area contributed by atoms with E-state index in [4.69, 9.17) is 4.18 Å². The van der Waals surface area contributed by atoms with Crippen molar-refractivity contribution in [1.29, 1.82) is 0 Å². The number of Topliss-reactive ketones (excluding diaryl/α,β-unsaturated/α-hetero) is 1. The average molecular weight is 528 g/mol. The molecule has 37 heavy (non-hydrogen) atoms. The lowest BCUT2D eigenvalue weighted by atomic mass is 9.50. The molecule has 1 aromatic carbocycles. The first-order valence-corrected chi connectivity index (χ1v) is 15.0. The van der Waals surface area contributed by atoms with Gasteiger partial charge in [-0.05, 0) is 85.3 Å². The summed E-state index contributed by atoms with van der Waals surface area (Å²) in [5, 5.41) is 11.9. The van der Waals surface area contributed by atoms with Gasteiger partial charge < -0.3 is 10.0 Å². The van der Waals surface area contributed by atoms with Gasteiger partial charge in [-0.1, -0.05) is 24.6 Å². The number of benzene rings is 1. The molecule has 4 aliphatic carbocycles. The number of allylic oxidation sites excluding steroid dienone is 4. The summed E-state index contributed by atoms with van der Waals surface area (Å²) < 4.78 is 28.0. The average Bonchev–Trinajstić information content (AvgIpc) is 3.12. The van der Waals surface area contributed by atoms with Crippen molar-refractivity contribution in [3.05, 3.63) is 52.6 Å². The molecule has 7 nitrogen and oxygen atoms in total. The fraction of sp³-hybridized carbons (Fsp3) is 0.586. The highest BCUT2D eigenvalue weighted by molar-refractivity contribution is 7.86. The highest BCUT2D eigenvalue weighted by atomic mass is 32.2. The third-order valence-corrected chi connectivity index (χ3v) is 10.1. The molecule has 0 unspecified atom stereocenters. The molecule has 0 saturated heterocycles. The number of nitrogens with zero attached hydrogens (tertiary/aromatic N) is 1. The molecular formula is C29H37NO6S. The van der Waals surface area contributed by atoms with E-state index >= 15 is 0 Å². The molecule has 5 rings (SSSR count). The Hall–Kier alpha value is -2.29. The number of hydrogen-bond acceptors (Lipinski definition) is 7. The molecule has 200 valence electrons. The van der Waals surface area contributed by atoms with E-state index in [1.807, 2.05) is 27.1 Å². The summed E-state index contributed by atoms with van der Waals surface area (Å²) in [7, 11) is 0.200. The fourth-order valence-electron chi connectivity index (χ4n) is 7.71. The van der Waals surface area contributed by atoms with Crippen LogP contribution in [0.2, 0.25) is 0 Å². The molecule has 0 radical (unpaired) electrons. The maximum absolute atomic E-state index is 13.4. The minimum Gasteiger partial charge on any atom is -0.381 e. The molecule has 8 heteroatoms. The Bertz CT molecular complexity index is 1290. The van der Waals surface area contributed by atoms with Crippen molar-refractivity contribution in [1.82, 2.24) is 0 Å². The molecule has 1 N–H and O–H groups in total. The highest BCUT2D eigenvalue weighted by Crippen LogP contribution is 2.67. The number of ketones is 2. The van der Waals surface area contributed by atoms with Gasteiger partial charge in [0.1, 0.15) is 12.2 Å².